The summed E-state index contributed by atoms with van der Waals surface area (Å²) < 4.78 is 0. The fraction of sp³-hybridized carbons (Fsp3) is 0.600. The third-order valence-corrected chi connectivity index (χ3v) is 4.70. The lowest BCUT2D eigenvalue weighted by molar-refractivity contribution is 0.747. The van der Waals surface area contributed by atoms with Gasteiger partial charge in [-0.3, -0.25) is 0 Å². The molecule has 94 valence electrons. The number of rotatable bonds is 6. The molecular weight excluding hydrogens is 226 g/mol. The molecule has 0 fully saturated rings. The van der Waals surface area contributed by atoms with Crippen molar-refractivity contribution in [3.05, 3.63) is 34.9 Å². The zero-order chi connectivity index (χ0) is 12.1. The summed E-state index contributed by atoms with van der Waals surface area (Å²) in [6.07, 6.45) is 6.15. The largest absolute Gasteiger partial charge is 0.327 e. The van der Waals surface area contributed by atoms with Crippen molar-refractivity contribution in [1.29, 1.82) is 0 Å². The lowest BCUT2D eigenvalue weighted by Gasteiger charge is -2.12. The molecule has 0 radical (unpaired) electrons. The highest BCUT2D eigenvalue weighted by molar-refractivity contribution is 7.99. The van der Waals surface area contributed by atoms with E-state index in [1.807, 2.05) is 11.8 Å². The number of hydrogen-bond acceptors (Lipinski definition) is 2. The summed E-state index contributed by atoms with van der Waals surface area (Å²) in [6.45, 7) is 2.22. The molecule has 2 heteroatoms. The molecule has 0 bridgehead atoms. The van der Waals surface area contributed by atoms with Crippen LogP contribution < -0.4 is 5.73 Å². The highest BCUT2D eigenvalue weighted by atomic mass is 32.2. The molecule has 0 amide bonds. The van der Waals surface area contributed by atoms with Gasteiger partial charge in [0.25, 0.3) is 0 Å². The van der Waals surface area contributed by atoms with E-state index in [0.29, 0.717) is 6.04 Å². The van der Waals surface area contributed by atoms with E-state index in [-0.39, 0.29) is 0 Å². The van der Waals surface area contributed by atoms with Gasteiger partial charge in [-0.05, 0) is 54.5 Å². The lowest BCUT2D eigenvalue weighted by atomic mass is 10.0. The molecule has 0 aliphatic heterocycles. The van der Waals surface area contributed by atoms with Gasteiger partial charge in [0.05, 0.1) is 0 Å². The van der Waals surface area contributed by atoms with Gasteiger partial charge in [0, 0.05) is 11.8 Å². The van der Waals surface area contributed by atoms with Crippen LogP contribution >= 0.6 is 11.8 Å². The second kappa shape index (κ2) is 6.46. The van der Waals surface area contributed by atoms with E-state index in [4.69, 9.17) is 5.73 Å². The molecule has 0 aromatic heterocycles. The van der Waals surface area contributed by atoms with Crippen LogP contribution in [0.1, 0.15) is 36.5 Å². The maximum absolute atomic E-state index is 6.17. The molecule has 1 nitrogen and oxygen atoms in total. The predicted octanol–water partition coefficient (Wildman–Crippen LogP) is 3.19. The van der Waals surface area contributed by atoms with E-state index in [2.05, 4.69) is 25.1 Å². The molecule has 1 aromatic carbocycles. The number of hydrogen-bond donors (Lipinski definition) is 1. The van der Waals surface area contributed by atoms with Gasteiger partial charge in [-0.15, -0.1) is 0 Å². The zero-order valence-corrected chi connectivity index (χ0v) is 11.6. The average Bonchev–Trinajstić information content (AvgIpc) is 2.76. The molecule has 1 unspecified atom stereocenters. The molecule has 1 atom stereocenters. The number of benzene rings is 1. The first-order valence-corrected chi connectivity index (χ1v) is 7.89. The summed E-state index contributed by atoms with van der Waals surface area (Å²) in [6, 6.07) is 7.27. The van der Waals surface area contributed by atoms with Crippen LogP contribution in [0, 0.1) is 0 Å². The summed E-state index contributed by atoms with van der Waals surface area (Å²) in [7, 11) is 0. The topological polar surface area (TPSA) is 26.0 Å². The summed E-state index contributed by atoms with van der Waals surface area (Å²) in [4.78, 5) is 0. The monoisotopic (exact) mass is 249 g/mol. The molecule has 1 aliphatic carbocycles. The third-order valence-electron chi connectivity index (χ3n) is 3.34. The van der Waals surface area contributed by atoms with E-state index in [1.165, 1.54) is 37.0 Å². The molecule has 0 spiro atoms. The van der Waals surface area contributed by atoms with Crippen molar-refractivity contribution in [2.75, 3.05) is 11.5 Å². The fourth-order valence-electron chi connectivity index (χ4n) is 2.49. The van der Waals surface area contributed by atoms with Crippen LogP contribution in [0.25, 0.3) is 0 Å². The van der Waals surface area contributed by atoms with Crippen molar-refractivity contribution in [3.8, 4) is 0 Å². The number of fused-ring (bicyclic) bond motifs is 1. The van der Waals surface area contributed by atoms with E-state index < -0.39 is 0 Å². The van der Waals surface area contributed by atoms with Crippen LogP contribution in [0.4, 0.5) is 0 Å². The normalized spacial score (nSPS) is 15.9. The van der Waals surface area contributed by atoms with Crippen LogP contribution in [-0.4, -0.2) is 17.5 Å². The molecule has 17 heavy (non-hydrogen) atoms. The lowest BCUT2D eigenvalue weighted by Crippen LogP contribution is -2.25. The van der Waals surface area contributed by atoms with E-state index in [1.54, 1.807) is 11.1 Å². The smallest absolute Gasteiger partial charge is 0.0171 e. The fourth-order valence-corrected chi connectivity index (χ4v) is 3.37. The van der Waals surface area contributed by atoms with Crippen LogP contribution in [0.5, 0.6) is 0 Å². The standard InChI is InChI=1S/C15H23NS/c1-2-8-17-11-15(16)10-12-6-7-13-4-3-5-14(13)9-12/h6-7,9,15H,2-5,8,10-11,16H2,1H3. The summed E-state index contributed by atoms with van der Waals surface area (Å²) >= 11 is 1.98. The van der Waals surface area contributed by atoms with E-state index in [9.17, 15) is 0 Å². The number of aryl methyl sites for hydroxylation is 2. The van der Waals surface area contributed by atoms with Crippen LogP contribution in [0.3, 0.4) is 0 Å². The predicted molar refractivity (Wildman–Crippen MR) is 77.8 cm³/mol. The van der Waals surface area contributed by atoms with Crippen molar-refractivity contribution in [3.63, 3.8) is 0 Å². The van der Waals surface area contributed by atoms with Crippen molar-refractivity contribution < 1.29 is 0 Å². The molecule has 2 rings (SSSR count). The van der Waals surface area contributed by atoms with E-state index >= 15 is 0 Å². The molecule has 1 aromatic rings. The molecule has 0 saturated carbocycles. The highest BCUT2D eigenvalue weighted by Crippen LogP contribution is 2.23. The molecule has 1 aliphatic rings. The van der Waals surface area contributed by atoms with Gasteiger partial charge in [-0.1, -0.05) is 25.1 Å². The Morgan fingerprint density at radius 2 is 2.12 bits per heavy atom. The minimum atomic E-state index is 0.311. The second-order valence-corrected chi connectivity index (χ2v) is 6.15. The first-order chi connectivity index (χ1) is 8.29. The van der Waals surface area contributed by atoms with Gasteiger partial charge in [0.1, 0.15) is 0 Å². The Kier molecular flexibility index (Phi) is 4.93. The summed E-state index contributed by atoms with van der Waals surface area (Å²) in [5.41, 5.74) is 10.7. The highest BCUT2D eigenvalue weighted by Gasteiger charge is 2.12. The Morgan fingerprint density at radius 3 is 2.94 bits per heavy atom. The Balaban J connectivity index is 1.86. The maximum atomic E-state index is 6.17. The average molecular weight is 249 g/mol. The molecule has 2 N–H and O–H groups in total. The van der Waals surface area contributed by atoms with Gasteiger partial charge in [0.2, 0.25) is 0 Å². The van der Waals surface area contributed by atoms with Gasteiger partial charge < -0.3 is 5.73 Å². The Bertz CT molecular complexity index is 362. The third kappa shape index (κ3) is 3.75. The van der Waals surface area contributed by atoms with Crippen molar-refractivity contribution in [1.82, 2.24) is 0 Å². The Hall–Kier alpha value is -0.470. The van der Waals surface area contributed by atoms with Crippen molar-refractivity contribution >= 4 is 11.8 Å². The minimum absolute atomic E-state index is 0.311. The quantitative estimate of drug-likeness (QED) is 0.784. The summed E-state index contributed by atoms with van der Waals surface area (Å²) in [5.74, 6) is 2.32. The number of nitrogens with two attached hydrogens (primary N) is 1. The SMILES string of the molecule is CCCSCC(N)Cc1ccc2c(c1)CCC2. The van der Waals surface area contributed by atoms with Crippen LogP contribution in [0.2, 0.25) is 0 Å². The van der Waals surface area contributed by atoms with Gasteiger partial charge >= 0.3 is 0 Å². The maximum Gasteiger partial charge on any atom is 0.0171 e. The Labute approximate surface area is 109 Å². The van der Waals surface area contributed by atoms with Gasteiger partial charge in [-0.2, -0.15) is 11.8 Å². The number of thioether (sulfide) groups is 1. The first-order valence-electron chi connectivity index (χ1n) is 6.73. The van der Waals surface area contributed by atoms with Crippen molar-refractivity contribution in [2.45, 2.75) is 45.1 Å². The first kappa shape index (κ1) is 13.0. The van der Waals surface area contributed by atoms with Crippen molar-refractivity contribution in [2.24, 2.45) is 5.73 Å². The molecule has 0 heterocycles. The zero-order valence-electron chi connectivity index (χ0n) is 10.7. The van der Waals surface area contributed by atoms with Gasteiger partial charge in [-0.25, -0.2) is 0 Å². The second-order valence-electron chi connectivity index (χ2n) is 5.00. The summed E-state index contributed by atoms with van der Waals surface area (Å²) in [5, 5.41) is 0. The van der Waals surface area contributed by atoms with Gasteiger partial charge in [0.15, 0.2) is 0 Å². The van der Waals surface area contributed by atoms with E-state index in [0.717, 1.165) is 12.2 Å². The van der Waals surface area contributed by atoms with Crippen LogP contribution in [-0.2, 0) is 19.3 Å². The molecular formula is C15H23NS. The van der Waals surface area contributed by atoms with Crippen LogP contribution in [0.15, 0.2) is 18.2 Å². The minimum Gasteiger partial charge on any atom is -0.327 e. The Morgan fingerprint density at radius 1 is 1.29 bits per heavy atom. The molecule has 0 saturated heterocycles.